The van der Waals surface area contributed by atoms with Crippen molar-refractivity contribution in [2.45, 2.75) is 13.3 Å². The number of hydrogen-bond donors (Lipinski definition) is 2. The fourth-order valence-electron chi connectivity index (χ4n) is 1.00. The van der Waals surface area contributed by atoms with Crippen LogP contribution in [0.1, 0.15) is 13.3 Å². The normalized spacial score (nSPS) is 11.5. The Morgan fingerprint density at radius 1 is 1.60 bits per heavy atom. The zero-order valence-corrected chi connectivity index (χ0v) is 10.8. The van der Waals surface area contributed by atoms with Gasteiger partial charge in [-0.25, -0.2) is 0 Å². The molecule has 0 saturated heterocycles. The highest BCUT2D eigenvalue weighted by Crippen LogP contribution is 2.25. The van der Waals surface area contributed by atoms with Crippen LogP contribution in [0.4, 0.5) is 5.69 Å². The number of hydrogen-bond acceptors (Lipinski definition) is 1. The van der Waals surface area contributed by atoms with E-state index in [1.54, 1.807) is 12.1 Å². The van der Waals surface area contributed by atoms with E-state index in [0.29, 0.717) is 11.0 Å². The van der Waals surface area contributed by atoms with Gasteiger partial charge in [0, 0.05) is 16.0 Å². The van der Waals surface area contributed by atoms with E-state index in [4.69, 9.17) is 17.3 Å². The molecule has 1 aromatic carbocycles. The first-order valence-electron chi connectivity index (χ1n) is 4.65. The first-order chi connectivity index (χ1) is 7.13. The first-order valence-corrected chi connectivity index (χ1v) is 5.82. The summed E-state index contributed by atoms with van der Waals surface area (Å²) in [5.74, 6) is 0.403. The summed E-state index contributed by atoms with van der Waals surface area (Å²) in [7, 11) is 0. The second kappa shape index (κ2) is 5.98. The van der Waals surface area contributed by atoms with E-state index in [1.165, 1.54) is 0 Å². The molecule has 0 saturated carbocycles. The number of rotatable bonds is 3. The summed E-state index contributed by atoms with van der Waals surface area (Å²) in [4.78, 5) is 4.13. The van der Waals surface area contributed by atoms with E-state index in [0.717, 1.165) is 23.1 Å². The molecule has 0 fully saturated rings. The number of guanidine groups is 1. The van der Waals surface area contributed by atoms with Crippen LogP contribution in [0.5, 0.6) is 0 Å². The quantitative estimate of drug-likeness (QED) is 0.663. The number of anilines is 1. The first kappa shape index (κ1) is 12.3. The van der Waals surface area contributed by atoms with Crippen molar-refractivity contribution < 1.29 is 0 Å². The van der Waals surface area contributed by atoms with Crippen molar-refractivity contribution >= 4 is 39.2 Å². The van der Waals surface area contributed by atoms with E-state index < -0.39 is 0 Å². The maximum absolute atomic E-state index is 5.86. The summed E-state index contributed by atoms with van der Waals surface area (Å²) < 4.78 is 0.904. The summed E-state index contributed by atoms with van der Waals surface area (Å²) >= 11 is 9.26. The largest absolute Gasteiger partial charge is 0.370 e. The van der Waals surface area contributed by atoms with Crippen molar-refractivity contribution in [1.82, 2.24) is 0 Å². The molecule has 0 radical (unpaired) electrons. The molecule has 0 spiro atoms. The standard InChI is InChI=1S/C10H13BrClN3/c1-2-5-14-10(13)15-9-6-7(12)3-4-8(9)11/h3-4,6H,2,5H2,1H3,(H3,13,14,15). The van der Waals surface area contributed by atoms with Crippen LogP contribution in [-0.4, -0.2) is 12.5 Å². The monoisotopic (exact) mass is 289 g/mol. The number of aliphatic imine (C=N–C) groups is 1. The van der Waals surface area contributed by atoms with E-state index in [-0.39, 0.29) is 0 Å². The summed E-state index contributed by atoms with van der Waals surface area (Å²) in [5.41, 5.74) is 6.51. The molecule has 3 nitrogen and oxygen atoms in total. The Bertz CT molecular complexity index is 366. The number of halogens is 2. The molecule has 15 heavy (non-hydrogen) atoms. The van der Waals surface area contributed by atoms with Crippen molar-refractivity contribution in [3.63, 3.8) is 0 Å². The van der Waals surface area contributed by atoms with Crippen LogP contribution >= 0.6 is 27.5 Å². The second-order valence-electron chi connectivity index (χ2n) is 3.02. The Morgan fingerprint density at radius 2 is 2.33 bits per heavy atom. The molecular formula is C10H13BrClN3. The van der Waals surface area contributed by atoms with Crippen LogP contribution in [-0.2, 0) is 0 Å². The van der Waals surface area contributed by atoms with Gasteiger partial charge in [-0.2, -0.15) is 0 Å². The van der Waals surface area contributed by atoms with Crippen molar-refractivity contribution in [3.8, 4) is 0 Å². The number of nitrogens with two attached hydrogens (primary N) is 1. The van der Waals surface area contributed by atoms with E-state index >= 15 is 0 Å². The van der Waals surface area contributed by atoms with Crippen molar-refractivity contribution in [3.05, 3.63) is 27.7 Å². The summed E-state index contributed by atoms with van der Waals surface area (Å²) in [6, 6.07) is 5.45. The molecule has 0 bridgehead atoms. The molecule has 0 amide bonds. The van der Waals surface area contributed by atoms with Crippen molar-refractivity contribution in [2.24, 2.45) is 10.7 Å². The Labute approximate surface area is 103 Å². The zero-order chi connectivity index (χ0) is 11.3. The molecule has 0 atom stereocenters. The predicted molar refractivity (Wildman–Crippen MR) is 69.6 cm³/mol. The molecule has 1 aromatic rings. The van der Waals surface area contributed by atoms with E-state index in [2.05, 4.69) is 26.2 Å². The highest BCUT2D eigenvalue weighted by atomic mass is 79.9. The van der Waals surface area contributed by atoms with E-state index in [9.17, 15) is 0 Å². The third kappa shape index (κ3) is 4.10. The Balaban J connectivity index is 2.75. The smallest absolute Gasteiger partial charge is 0.193 e. The van der Waals surface area contributed by atoms with Gasteiger partial charge in [0.2, 0.25) is 0 Å². The molecular weight excluding hydrogens is 277 g/mol. The van der Waals surface area contributed by atoms with Gasteiger partial charge in [0.25, 0.3) is 0 Å². The summed E-state index contributed by atoms with van der Waals surface area (Å²) in [6.45, 7) is 2.77. The van der Waals surface area contributed by atoms with Gasteiger partial charge in [-0.1, -0.05) is 18.5 Å². The highest BCUT2D eigenvalue weighted by molar-refractivity contribution is 9.10. The lowest BCUT2D eigenvalue weighted by Crippen LogP contribution is -2.23. The van der Waals surface area contributed by atoms with Crippen LogP contribution in [0, 0.1) is 0 Å². The number of nitrogens with one attached hydrogen (secondary N) is 1. The molecule has 5 heteroatoms. The van der Waals surface area contributed by atoms with Crippen LogP contribution in [0.15, 0.2) is 27.7 Å². The average molecular weight is 291 g/mol. The Hall–Kier alpha value is -0.740. The van der Waals surface area contributed by atoms with E-state index in [1.807, 2.05) is 13.0 Å². The van der Waals surface area contributed by atoms with Crippen molar-refractivity contribution in [2.75, 3.05) is 11.9 Å². The lowest BCUT2D eigenvalue weighted by atomic mass is 10.3. The van der Waals surface area contributed by atoms with Gasteiger partial charge in [-0.3, -0.25) is 4.99 Å². The fraction of sp³-hybridized carbons (Fsp3) is 0.300. The maximum atomic E-state index is 5.86. The molecule has 0 aliphatic rings. The van der Waals surface area contributed by atoms with Crippen LogP contribution in [0.25, 0.3) is 0 Å². The highest BCUT2D eigenvalue weighted by Gasteiger charge is 2.01. The second-order valence-corrected chi connectivity index (χ2v) is 4.31. The molecule has 0 aromatic heterocycles. The Morgan fingerprint density at radius 3 is 3.00 bits per heavy atom. The predicted octanol–water partition coefficient (Wildman–Crippen LogP) is 3.24. The van der Waals surface area contributed by atoms with Crippen molar-refractivity contribution in [1.29, 1.82) is 0 Å². The topological polar surface area (TPSA) is 50.4 Å². The number of benzene rings is 1. The van der Waals surface area contributed by atoms with Gasteiger partial charge in [0.05, 0.1) is 5.69 Å². The number of nitrogens with zero attached hydrogens (tertiary/aromatic N) is 1. The van der Waals surface area contributed by atoms with Crippen LogP contribution in [0.3, 0.4) is 0 Å². The van der Waals surface area contributed by atoms with Gasteiger partial charge >= 0.3 is 0 Å². The third-order valence-corrected chi connectivity index (χ3v) is 2.62. The molecule has 82 valence electrons. The fourth-order valence-corrected chi connectivity index (χ4v) is 1.52. The SMILES string of the molecule is CCCN=C(N)Nc1cc(Cl)ccc1Br. The Kier molecular flexibility index (Phi) is 4.91. The molecule has 3 N–H and O–H groups in total. The minimum atomic E-state index is 0.403. The zero-order valence-electron chi connectivity index (χ0n) is 8.43. The molecule has 0 unspecified atom stereocenters. The molecule has 1 rings (SSSR count). The van der Waals surface area contributed by atoms with Gasteiger partial charge in [0.1, 0.15) is 0 Å². The van der Waals surface area contributed by atoms with Gasteiger partial charge < -0.3 is 11.1 Å². The molecule has 0 aliphatic carbocycles. The summed E-state index contributed by atoms with van der Waals surface area (Å²) in [5, 5.41) is 3.64. The maximum Gasteiger partial charge on any atom is 0.193 e. The minimum absolute atomic E-state index is 0.403. The van der Waals surface area contributed by atoms with Gasteiger partial charge in [0.15, 0.2) is 5.96 Å². The summed E-state index contributed by atoms with van der Waals surface area (Å²) in [6.07, 6.45) is 0.971. The lowest BCUT2D eigenvalue weighted by molar-refractivity contribution is 0.929. The van der Waals surface area contributed by atoms with Gasteiger partial charge in [-0.05, 0) is 40.5 Å². The molecule has 0 heterocycles. The average Bonchev–Trinajstić information content (AvgIpc) is 2.20. The van der Waals surface area contributed by atoms with Crippen LogP contribution < -0.4 is 11.1 Å². The molecule has 0 aliphatic heterocycles. The third-order valence-electron chi connectivity index (χ3n) is 1.70. The van der Waals surface area contributed by atoms with Gasteiger partial charge in [-0.15, -0.1) is 0 Å². The minimum Gasteiger partial charge on any atom is -0.370 e. The lowest BCUT2D eigenvalue weighted by Gasteiger charge is -2.07. The van der Waals surface area contributed by atoms with Crippen LogP contribution in [0.2, 0.25) is 5.02 Å².